The van der Waals surface area contributed by atoms with E-state index in [1.54, 1.807) is 24.3 Å². The van der Waals surface area contributed by atoms with Gasteiger partial charge in [-0.2, -0.15) is 0 Å². The minimum atomic E-state index is -0.0182. The van der Waals surface area contributed by atoms with Gasteiger partial charge in [0, 0.05) is 11.1 Å². The second-order valence-electron chi connectivity index (χ2n) is 2.41. The zero-order chi connectivity index (χ0) is 9.52. The summed E-state index contributed by atoms with van der Waals surface area (Å²) in [5, 5.41) is 0. The number of ketones is 1. The molecule has 1 aromatic rings. The molecular formula is C11H9ClO. The zero-order valence-electron chi connectivity index (χ0n) is 6.98. The van der Waals surface area contributed by atoms with E-state index in [4.69, 9.17) is 11.6 Å². The van der Waals surface area contributed by atoms with E-state index in [1.165, 1.54) is 11.6 Å². The Hall–Kier alpha value is -1.34. The second-order valence-corrected chi connectivity index (χ2v) is 2.66. The fraction of sp³-hybridized carbons (Fsp3) is 0. The van der Waals surface area contributed by atoms with Gasteiger partial charge in [0.1, 0.15) is 0 Å². The van der Waals surface area contributed by atoms with Gasteiger partial charge >= 0.3 is 0 Å². The van der Waals surface area contributed by atoms with E-state index < -0.39 is 0 Å². The molecule has 0 N–H and O–H groups in total. The largest absolute Gasteiger partial charge is 0.289 e. The van der Waals surface area contributed by atoms with Crippen LogP contribution in [0.15, 0.2) is 54.1 Å². The van der Waals surface area contributed by atoms with Crippen molar-refractivity contribution >= 4 is 17.4 Å². The van der Waals surface area contributed by atoms with Gasteiger partial charge in [0.15, 0.2) is 5.78 Å². The van der Waals surface area contributed by atoms with Gasteiger partial charge in [-0.3, -0.25) is 4.79 Å². The van der Waals surface area contributed by atoms with E-state index >= 15 is 0 Å². The van der Waals surface area contributed by atoms with Crippen LogP contribution in [0, 0.1) is 0 Å². The molecule has 1 rings (SSSR count). The lowest BCUT2D eigenvalue weighted by atomic mass is 10.1. The monoisotopic (exact) mass is 192 g/mol. The van der Waals surface area contributed by atoms with Crippen molar-refractivity contribution in [1.82, 2.24) is 0 Å². The van der Waals surface area contributed by atoms with Crippen LogP contribution in [0.4, 0.5) is 0 Å². The topological polar surface area (TPSA) is 17.1 Å². The summed E-state index contributed by atoms with van der Waals surface area (Å²) >= 11 is 5.29. The summed E-state index contributed by atoms with van der Waals surface area (Å²) in [5.74, 6) is -0.0182. The van der Waals surface area contributed by atoms with Gasteiger partial charge in [-0.1, -0.05) is 54.1 Å². The highest BCUT2D eigenvalue weighted by molar-refractivity contribution is 6.25. The molecular weight excluding hydrogens is 184 g/mol. The Morgan fingerprint density at radius 3 is 2.46 bits per heavy atom. The second kappa shape index (κ2) is 5.33. The van der Waals surface area contributed by atoms with Crippen LogP contribution in [0.2, 0.25) is 0 Å². The number of halogens is 1. The van der Waals surface area contributed by atoms with E-state index in [1.807, 2.05) is 18.2 Å². The summed E-state index contributed by atoms with van der Waals surface area (Å²) in [5.41, 5.74) is 2.04. The van der Waals surface area contributed by atoms with Crippen LogP contribution in [0.3, 0.4) is 0 Å². The fourth-order valence-electron chi connectivity index (χ4n) is 0.884. The highest BCUT2D eigenvalue weighted by atomic mass is 35.5. The lowest BCUT2D eigenvalue weighted by molar-refractivity contribution is 0.104. The molecule has 0 spiro atoms. The zero-order valence-corrected chi connectivity index (χ0v) is 7.74. The first-order valence-electron chi connectivity index (χ1n) is 3.87. The quantitative estimate of drug-likeness (QED) is 0.409. The van der Waals surface area contributed by atoms with Gasteiger partial charge in [0.25, 0.3) is 0 Å². The molecule has 0 amide bonds. The molecule has 1 aromatic carbocycles. The Kier molecular flexibility index (Phi) is 4.00. The van der Waals surface area contributed by atoms with Crippen LogP contribution in [0.1, 0.15) is 10.4 Å². The third-order valence-electron chi connectivity index (χ3n) is 1.49. The molecule has 2 heteroatoms. The van der Waals surface area contributed by atoms with Crippen molar-refractivity contribution in [3.63, 3.8) is 0 Å². The first-order chi connectivity index (χ1) is 6.34. The Balaban J connectivity index is 2.70. The minimum Gasteiger partial charge on any atom is -0.289 e. The van der Waals surface area contributed by atoms with Gasteiger partial charge in [0.2, 0.25) is 0 Å². The molecule has 13 heavy (non-hydrogen) atoms. The van der Waals surface area contributed by atoms with Crippen LogP contribution in [-0.2, 0) is 0 Å². The molecule has 0 saturated heterocycles. The summed E-state index contributed by atoms with van der Waals surface area (Å²) < 4.78 is 0. The summed E-state index contributed by atoms with van der Waals surface area (Å²) in [4.78, 5) is 11.4. The predicted octanol–water partition coefficient (Wildman–Crippen LogP) is 3.18. The lowest BCUT2D eigenvalue weighted by Gasteiger charge is -1.91. The van der Waals surface area contributed by atoms with E-state index in [9.17, 15) is 4.79 Å². The average molecular weight is 193 g/mol. The molecule has 0 aliphatic carbocycles. The van der Waals surface area contributed by atoms with Crippen LogP contribution in [-0.4, -0.2) is 5.78 Å². The Labute approximate surface area is 82.3 Å². The van der Waals surface area contributed by atoms with E-state index in [2.05, 4.69) is 0 Å². The van der Waals surface area contributed by atoms with Gasteiger partial charge in [0.05, 0.1) is 0 Å². The standard InChI is InChI=1S/C11H9ClO/c12-9-5-4-8-11(13)10-6-2-1-3-7-10/h1-9H/b8-4+,9-5+. The average Bonchev–Trinajstić information content (AvgIpc) is 2.19. The number of carbonyl (C=O) groups is 1. The number of hydrogen-bond donors (Lipinski definition) is 0. The van der Waals surface area contributed by atoms with Crippen molar-refractivity contribution in [2.45, 2.75) is 0 Å². The molecule has 0 atom stereocenters. The minimum absolute atomic E-state index is 0.0182. The summed E-state index contributed by atoms with van der Waals surface area (Å²) in [6.45, 7) is 0. The third kappa shape index (κ3) is 3.26. The van der Waals surface area contributed by atoms with Gasteiger partial charge < -0.3 is 0 Å². The molecule has 0 radical (unpaired) electrons. The molecule has 0 heterocycles. The van der Waals surface area contributed by atoms with Gasteiger partial charge in [-0.05, 0) is 6.08 Å². The van der Waals surface area contributed by atoms with Gasteiger partial charge in [-0.25, -0.2) is 0 Å². The maximum atomic E-state index is 11.4. The van der Waals surface area contributed by atoms with E-state index in [0.29, 0.717) is 5.56 Å². The molecule has 0 unspecified atom stereocenters. The first-order valence-corrected chi connectivity index (χ1v) is 4.31. The van der Waals surface area contributed by atoms with Crippen LogP contribution >= 0.6 is 11.6 Å². The lowest BCUT2D eigenvalue weighted by Crippen LogP contribution is -1.92. The molecule has 0 saturated carbocycles. The smallest absolute Gasteiger partial charge is 0.185 e. The van der Waals surface area contributed by atoms with Crippen molar-refractivity contribution < 1.29 is 4.79 Å². The van der Waals surface area contributed by atoms with Crippen LogP contribution in [0.5, 0.6) is 0 Å². The molecule has 66 valence electrons. The Bertz CT molecular complexity index is 325. The Morgan fingerprint density at radius 1 is 1.15 bits per heavy atom. The predicted molar refractivity (Wildman–Crippen MR) is 54.9 cm³/mol. The number of rotatable bonds is 3. The van der Waals surface area contributed by atoms with Gasteiger partial charge in [-0.15, -0.1) is 0 Å². The van der Waals surface area contributed by atoms with Crippen molar-refractivity contribution in [2.24, 2.45) is 0 Å². The number of hydrogen-bond acceptors (Lipinski definition) is 1. The molecule has 0 aliphatic rings. The molecule has 0 aromatic heterocycles. The molecule has 0 aliphatic heterocycles. The molecule has 1 nitrogen and oxygen atoms in total. The molecule has 0 bridgehead atoms. The highest BCUT2D eigenvalue weighted by Crippen LogP contribution is 2.00. The summed E-state index contributed by atoms with van der Waals surface area (Å²) in [6, 6.07) is 9.09. The first kappa shape index (κ1) is 9.75. The number of allylic oxidation sites excluding steroid dienone is 3. The maximum absolute atomic E-state index is 11.4. The summed E-state index contributed by atoms with van der Waals surface area (Å²) in [7, 11) is 0. The Morgan fingerprint density at radius 2 is 1.85 bits per heavy atom. The van der Waals surface area contributed by atoms with E-state index in [0.717, 1.165) is 0 Å². The van der Waals surface area contributed by atoms with E-state index in [-0.39, 0.29) is 5.78 Å². The van der Waals surface area contributed by atoms with Crippen LogP contribution < -0.4 is 0 Å². The molecule has 0 fully saturated rings. The highest BCUT2D eigenvalue weighted by Gasteiger charge is 1.97. The fourth-order valence-corrected chi connectivity index (χ4v) is 0.968. The van der Waals surface area contributed by atoms with Crippen molar-refractivity contribution in [1.29, 1.82) is 0 Å². The normalized spacial score (nSPS) is 11.2. The van der Waals surface area contributed by atoms with Crippen molar-refractivity contribution in [3.8, 4) is 0 Å². The number of benzene rings is 1. The SMILES string of the molecule is O=C(/C=C/C=C/Cl)c1ccccc1. The number of carbonyl (C=O) groups excluding carboxylic acids is 1. The van der Waals surface area contributed by atoms with Crippen LogP contribution in [0.25, 0.3) is 0 Å². The van der Waals surface area contributed by atoms with Crippen molar-refractivity contribution in [3.05, 3.63) is 59.7 Å². The van der Waals surface area contributed by atoms with Crippen molar-refractivity contribution in [2.75, 3.05) is 0 Å². The third-order valence-corrected chi connectivity index (χ3v) is 1.64. The maximum Gasteiger partial charge on any atom is 0.185 e. The summed E-state index contributed by atoms with van der Waals surface area (Å²) in [6.07, 6.45) is 4.69.